The second kappa shape index (κ2) is 8.44. The van der Waals surface area contributed by atoms with Crippen LogP contribution in [0.4, 0.5) is 0 Å². The van der Waals surface area contributed by atoms with E-state index in [2.05, 4.69) is 10.2 Å². The molecule has 0 aliphatic carbocycles. The van der Waals surface area contributed by atoms with Crippen LogP contribution in [0.2, 0.25) is 0 Å². The molecule has 5 heteroatoms. The Balaban J connectivity index is 1.69. The van der Waals surface area contributed by atoms with E-state index in [1.807, 2.05) is 24.3 Å². The van der Waals surface area contributed by atoms with Crippen molar-refractivity contribution in [3.05, 3.63) is 35.9 Å². The van der Waals surface area contributed by atoms with Crippen LogP contribution in [0.15, 0.2) is 30.3 Å². The normalized spacial score (nSPS) is 16.0. The maximum Gasteiger partial charge on any atom is 0.244 e. The highest BCUT2D eigenvalue weighted by atomic mass is 16.5. The second-order valence-corrected chi connectivity index (χ2v) is 4.85. The molecule has 1 aliphatic rings. The van der Waals surface area contributed by atoms with Crippen LogP contribution in [0, 0.1) is 0 Å². The van der Waals surface area contributed by atoms with Gasteiger partial charge in [-0.25, -0.2) is 0 Å². The van der Waals surface area contributed by atoms with Crippen molar-refractivity contribution in [3.63, 3.8) is 0 Å². The Morgan fingerprint density at radius 3 is 2.71 bits per heavy atom. The largest absolute Gasteiger partial charge is 0.497 e. The van der Waals surface area contributed by atoms with Crippen LogP contribution in [0.1, 0.15) is 5.56 Å². The molecule has 1 aromatic rings. The first-order valence-electron chi connectivity index (χ1n) is 7.18. The van der Waals surface area contributed by atoms with Crippen molar-refractivity contribution in [3.8, 4) is 5.75 Å². The fourth-order valence-corrected chi connectivity index (χ4v) is 2.11. The van der Waals surface area contributed by atoms with Crippen molar-refractivity contribution >= 4 is 12.0 Å². The van der Waals surface area contributed by atoms with Crippen LogP contribution in [0.5, 0.6) is 5.75 Å². The molecule has 1 aliphatic heterocycles. The Hall–Kier alpha value is -1.85. The third-order valence-electron chi connectivity index (χ3n) is 3.37. The maximum atomic E-state index is 11.7. The van der Waals surface area contributed by atoms with Gasteiger partial charge in [0.1, 0.15) is 5.75 Å². The SMILES string of the molecule is COc1ccc(/C=C/C(=O)NCCN2CCOCC2)cc1. The summed E-state index contributed by atoms with van der Waals surface area (Å²) in [5.74, 6) is 0.737. The average molecular weight is 290 g/mol. The van der Waals surface area contributed by atoms with E-state index >= 15 is 0 Å². The van der Waals surface area contributed by atoms with Crippen LogP contribution in [-0.4, -0.2) is 57.3 Å². The number of ether oxygens (including phenoxy) is 2. The molecule has 2 rings (SSSR count). The summed E-state index contributed by atoms with van der Waals surface area (Å²) in [6.45, 7) is 4.98. The van der Waals surface area contributed by atoms with Gasteiger partial charge >= 0.3 is 0 Å². The molecule has 114 valence electrons. The Morgan fingerprint density at radius 1 is 1.33 bits per heavy atom. The molecule has 21 heavy (non-hydrogen) atoms. The summed E-state index contributed by atoms with van der Waals surface area (Å²) in [6.07, 6.45) is 3.35. The molecule has 1 heterocycles. The number of amides is 1. The van der Waals surface area contributed by atoms with E-state index in [-0.39, 0.29) is 5.91 Å². The lowest BCUT2D eigenvalue weighted by Crippen LogP contribution is -2.41. The van der Waals surface area contributed by atoms with E-state index in [0.717, 1.165) is 44.2 Å². The lowest BCUT2D eigenvalue weighted by atomic mass is 10.2. The molecule has 5 nitrogen and oxygen atoms in total. The predicted octanol–water partition coefficient (Wildman–Crippen LogP) is 1.16. The first kappa shape index (κ1) is 15.5. The van der Waals surface area contributed by atoms with Gasteiger partial charge in [0.15, 0.2) is 0 Å². The number of hydrogen-bond acceptors (Lipinski definition) is 4. The fourth-order valence-electron chi connectivity index (χ4n) is 2.11. The molecule has 1 fully saturated rings. The molecule has 0 unspecified atom stereocenters. The van der Waals surface area contributed by atoms with Gasteiger partial charge in [0.2, 0.25) is 5.91 Å². The highest BCUT2D eigenvalue weighted by Gasteiger charge is 2.09. The minimum atomic E-state index is -0.0703. The summed E-state index contributed by atoms with van der Waals surface area (Å²) in [5.41, 5.74) is 0.971. The molecule has 0 spiro atoms. The number of morpholine rings is 1. The lowest BCUT2D eigenvalue weighted by Gasteiger charge is -2.26. The number of nitrogens with zero attached hydrogens (tertiary/aromatic N) is 1. The zero-order chi connectivity index (χ0) is 14.9. The highest BCUT2D eigenvalue weighted by Crippen LogP contribution is 2.12. The summed E-state index contributed by atoms with van der Waals surface area (Å²) in [7, 11) is 1.63. The number of rotatable bonds is 6. The molecular formula is C16H22N2O3. The molecule has 0 saturated carbocycles. The van der Waals surface area contributed by atoms with E-state index in [0.29, 0.717) is 6.54 Å². The Morgan fingerprint density at radius 2 is 2.05 bits per heavy atom. The number of carbonyl (C=O) groups is 1. The van der Waals surface area contributed by atoms with Gasteiger partial charge in [-0.15, -0.1) is 0 Å². The number of hydrogen-bond donors (Lipinski definition) is 1. The molecule has 0 atom stereocenters. The van der Waals surface area contributed by atoms with E-state index in [9.17, 15) is 4.79 Å². The summed E-state index contributed by atoms with van der Waals surface area (Å²) < 4.78 is 10.4. The van der Waals surface area contributed by atoms with E-state index in [1.165, 1.54) is 0 Å². The Labute approximate surface area is 125 Å². The first-order valence-corrected chi connectivity index (χ1v) is 7.18. The van der Waals surface area contributed by atoms with Gasteiger partial charge in [-0.05, 0) is 23.8 Å². The molecule has 0 bridgehead atoms. The Bertz CT molecular complexity index is 465. The van der Waals surface area contributed by atoms with Gasteiger partial charge in [0.25, 0.3) is 0 Å². The lowest BCUT2D eigenvalue weighted by molar-refractivity contribution is -0.116. The van der Waals surface area contributed by atoms with E-state index in [4.69, 9.17) is 9.47 Å². The number of benzene rings is 1. The second-order valence-electron chi connectivity index (χ2n) is 4.85. The van der Waals surface area contributed by atoms with Crippen LogP contribution in [-0.2, 0) is 9.53 Å². The third kappa shape index (κ3) is 5.57. The molecule has 0 aromatic heterocycles. The molecule has 1 amide bonds. The van der Waals surface area contributed by atoms with Crippen molar-refractivity contribution in [2.45, 2.75) is 0 Å². The van der Waals surface area contributed by atoms with Crippen molar-refractivity contribution in [2.75, 3.05) is 46.5 Å². The van der Waals surface area contributed by atoms with Crippen molar-refractivity contribution in [1.29, 1.82) is 0 Å². The smallest absolute Gasteiger partial charge is 0.244 e. The zero-order valence-electron chi connectivity index (χ0n) is 12.4. The van der Waals surface area contributed by atoms with Gasteiger partial charge in [-0.3, -0.25) is 9.69 Å². The monoisotopic (exact) mass is 290 g/mol. The molecule has 1 N–H and O–H groups in total. The molecular weight excluding hydrogens is 268 g/mol. The van der Waals surface area contributed by atoms with Crippen LogP contribution in [0.3, 0.4) is 0 Å². The number of carbonyl (C=O) groups excluding carboxylic acids is 1. The van der Waals surface area contributed by atoms with E-state index < -0.39 is 0 Å². The average Bonchev–Trinajstić information content (AvgIpc) is 2.54. The van der Waals surface area contributed by atoms with E-state index in [1.54, 1.807) is 19.3 Å². The van der Waals surface area contributed by atoms with Crippen molar-refractivity contribution < 1.29 is 14.3 Å². The van der Waals surface area contributed by atoms with Gasteiger partial charge in [0, 0.05) is 32.3 Å². The van der Waals surface area contributed by atoms with Crippen LogP contribution in [0.25, 0.3) is 6.08 Å². The highest BCUT2D eigenvalue weighted by molar-refractivity contribution is 5.91. The van der Waals surface area contributed by atoms with Crippen molar-refractivity contribution in [1.82, 2.24) is 10.2 Å². The van der Waals surface area contributed by atoms with Crippen LogP contribution < -0.4 is 10.1 Å². The molecule has 0 radical (unpaired) electrons. The van der Waals surface area contributed by atoms with Crippen LogP contribution >= 0.6 is 0 Å². The first-order chi connectivity index (χ1) is 10.3. The molecule has 1 aromatic carbocycles. The summed E-state index contributed by atoms with van der Waals surface area (Å²) in [4.78, 5) is 14.0. The minimum absolute atomic E-state index is 0.0703. The standard InChI is InChI=1S/C16H22N2O3/c1-20-15-5-2-14(3-6-15)4-7-16(19)17-8-9-18-10-12-21-13-11-18/h2-7H,8-13H2,1H3,(H,17,19)/b7-4+. The van der Waals surface area contributed by atoms with Gasteiger partial charge in [0.05, 0.1) is 20.3 Å². The fraction of sp³-hybridized carbons (Fsp3) is 0.438. The summed E-state index contributed by atoms with van der Waals surface area (Å²) in [6, 6.07) is 7.57. The molecule has 1 saturated heterocycles. The number of methoxy groups -OCH3 is 1. The topological polar surface area (TPSA) is 50.8 Å². The maximum absolute atomic E-state index is 11.7. The van der Waals surface area contributed by atoms with Gasteiger partial charge in [-0.2, -0.15) is 0 Å². The number of nitrogens with one attached hydrogen (secondary N) is 1. The van der Waals surface area contributed by atoms with Gasteiger partial charge in [-0.1, -0.05) is 12.1 Å². The quantitative estimate of drug-likeness (QED) is 0.799. The van der Waals surface area contributed by atoms with Crippen molar-refractivity contribution in [2.24, 2.45) is 0 Å². The zero-order valence-corrected chi connectivity index (χ0v) is 12.4. The summed E-state index contributed by atoms with van der Waals surface area (Å²) in [5, 5.41) is 2.89. The summed E-state index contributed by atoms with van der Waals surface area (Å²) >= 11 is 0. The van der Waals surface area contributed by atoms with Gasteiger partial charge < -0.3 is 14.8 Å². The Kier molecular flexibility index (Phi) is 6.24. The predicted molar refractivity (Wildman–Crippen MR) is 82.3 cm³/mol. The third-order valence-corrected chi connectivity index (χ3v) is 3.37. The minimum Gasteiger partial charge on any atom is -0.497 e.